The van der Waals surface area contributed by atoms with E-state index in [4.69, 9.17) is 5.11 Å². The van der Waals surface area contributed by atoms with E-state index < -0.39 is 4.92 Å². The van der Waals surface area contributed by atoms with Crippen molar-refractivity contribution in [3.8, 4) is 5.75 Å². The summed E-state index contributed by atoms with van der Waals surface area (Å²) in [6.07, 6.45) is 0. The summed E-state index contributed by atoms with van der Waals surface area (Å²) in [6.45, 7) is 0. The molecule has 0 unspecified atom stereocenters. The van der Waals surface area contributed by atoms with Crippen LogP contribution in [0, 0.1) is 16.2 Å². The Bertz CT molecular complexity index is 242. The highest BCUT2D eigenvalue weighted by atomic mass is 16.6. The number of nitro groups is 1. The monoisotopic (exact) mass is 138 g/mol. The maximum absolute atomic E-state index is 10.0. The van der Waals surface area contributed by atoms with Crippen LogP contribution in [-0.2, 0) is 0 Å². The highest BCUT2D eigenvalue weighted by Crippen LogP contribution is 2.14. The van der Waals surface area contributed by atoms with Gasteiger partial charge in [-0.3, -0.25) is 10.1 Å². The van der Waals surface area contributed by atoms with Gasteiger partial charge in [0.25, 0.3) is 5.69 Å². The van der Waals surface area contributed by atoms with Gasteiger partial charge in [-0.05, 0) is 6.07 Å². The summed E-state index contributed by atoms with van der Waals surface area (Å²) in [5.74, 6) is -0.0920. The second-order valence-corrected chi connectivity index (χ2v) is 1.69. The highest BCUT2D eigenvalue weighted by molar-refractivity contribution is 5.33. The fourth-order valence-electron chi connectivity index (χ4n) is 0.522. The summed E-state index contributed by atoms with van der Waals surface area (Å²) in [7, 11) is 0. The second-order valence-electron chi connectivity index (χ2n) is 1.69. The molecule has 1 aromatic carbocycles. The Morgan fingerprint density at radius 3 is 2.70 bits per heavy atom. The van der Waals surface area contributed by atoms with Crippen LogP contribution in [0.25, 0.3) is 0 Å². The number of nitrogens with zero attached hydrogens (tertiary/aromatic N) is 1. The number of aromatic hydroxyl groups is 1. The average molecular weight is 138 g/mol. The van der Waals surface area contributed by atoms with Crippen molar-refractivity contribution in [3.05, 3.63) is 34.4 Å². The van der Waals surface area contributed by atoms with E-state index in [1.165, 1.54) is 12.1 Å². The number of nitro benzene ring substituents is 1. The molecule has 0 fully saturated rings. The summed E-state index contributed by atoms with van der Waals surface area (Å²) in [6, 6.07) is 5.85. The van der Waals surface area contributed by atoms with Crippen LogP contribution < -0.4 is 0 Å². The standard InChI is InChI=1S/C6H4NO3/c8-6-3-1-5(2-4-6)7(9)10/h1-3,8H. The predicted octanol–water partition coefficient (Wildman–Crippen LogP) is 1.10. The molecule has 4 heteroatoms. The van der Waals surface area contributed by atoms with E-state index in [0.717, 1.165) is 6.07 Å². The molecule has 0 saturated heterocycles. The third-order valence-corrected chi connectivity index (χ3v) is 0.991. The lowest BCUT2D eigenvalue weighted by atomic mass is 10.3. The van der Waals surface area contributed by atoms with Crippen LogP contribution in [0.2, 0.25) is 0 Å². The summed E-state index contributed by atoms with van der Waals surface area (Å²) in [4.78, 5) is 9.47. The molecular formula is C6H4NO3. The summed E-state index contributed by atoms with van der Waals surface area (Å²) in [5.41, 5.74) is -0.0715. The minimum Gasteiger partial charge on any atom is -0.507 e. The minimum absolute atomic E-state index is 0.0715. The molecule has 10 heavy (non-hydrogen) atoms. The predicted molar refractivity (Wildman–Crippen MR) is 33.6 cm³/mol. The third kappa shape index (κ3) is 1.22. The first-order valence-electron chi connectivity index (χ1n) is 2.55. The van der Waals surface area contributed by atoms with Crippen molar-refractivity contribution in [2.45, 2.75) is 0 Å². The molecule has 0 amide bonds. The van der Waals surface area contributed by atoms with Crippen LogP contribution in [-0.4, -0.2) is 10.0 Å². The lowest BCUT2D eigenvalue weighted by Crippen LogP contribution is -1.85. The van der Waals surface area contributed by atoms with E-state index in [0.29, 0.717) is 0 Å². The Kier molecular flexibility index (Phi) is 1.53. The molecule has 0 saturated carbocycles. The van der Waals surface area contributed by atoms with Gasteiger partial charge in [-0.2, -0.15) is 0 Å². The van der Waals surface area contributed by atoms with Crippen molar-refractivity contribution >= 4 is 5.69 Å². The van der Waals surface area contributed by atoms with E-state index in [9.17, 15) is 10.1 Å². The van der Waals surface area contributed by atoms with E-state index in [1.54, 1.807) is 0 Å². The number of phenolic OH excluding ortho intramolecular Hbond substituents is 1. The second kappa shape index (κ2) is 2.34. The first kappa shape index (κ1) is 6.54. The van der Waals surface area contributed by atoms with Crippen LogP contribution in [0.5, 0.6) is 5.75 Å². The van der Waals surface area contributed by atoms with Crippen LogP contribution >= 0.6 is 0 Å². The Labute approximate surface area is 56.9 Å². The zero-order valence-corrected chi connectivity index (χ0v) is 4.94. The number of phenols is 1. The first-order chi connectivity index (χ1) is 4.70. The summed E-state index contributed by atoms with van der Waals surface area (Å²) < 4.78 is 0. The largest absolute Gasteiger partial charge is 0.507 e. The van der Waals surface area contributed by atoms with Crippen LogP contribution in [0.15, 0.2) is 18.2 Å². The van der Waals surface area contributed by atoms with Crippen molar-refractivity contribution in [1.29, 1.82) is 0 Å². The van der Waals surface area contributed by atoms with Crippen molar-refractivity contribution in [1.82, 2.24) is 0 Å². The lowest BCUT2D eigenvalue weighted by Gasteiger charge is -1.88. The fourth-order valence-corrected chi connectivity index (χ4v) is 0.522. The molecule has 0 aliphatic heterocycles. The SMILES string of the molecule is O=[N+]([O-])c1c[c]c(O)cc1. The normalized spacial score (nSPS) is 9.20. The van der Waals surface area contributed by atoms with Crippen molar-refractivity contribution < 1.29 is 10.0 Å². The van der Waals surface area contributed by atoms with Crippen molar-refractivity contribution in [3.63, 3.8) is 0 Å². The molecule has 0 atom stereocenters. The van der Waals surface area contributed by atoms with Crippen LogP contribution in [0.4, 0.5) is 5.69 Å². The smallest absolute Gasteiger partial charge is 0.270 e. The van der Waals surface area contributed by atoms with Gasteiger partial charge in [0.2, 0.25) is 0 Å². The molecule has 4 nitrogen and oxygen atoms in total. The van der Waals surface area contributed by atoms with E-state index in [1.807, 2.05) is 0 Å². The molecular weight excluding hydrogens is 134 g/mol. The first-order valence-corrected chi connectivity index (χ1v) is 2.55. The van der Waals surface area contributed by atoms with E-state index in [-0.39, 0.29) is 11.4 Å². The van der Waals surface area contributed by atoms with Gasteiger partial charge in [0.05, 0.1) is 4.92 Å². The van der Waals surface area contributed by atoms with Gasteiger partial charge in [-0.1, -0.05) is 0 Å². The van der Waals surface area contributed by atoms with Gasteiger partial charge in [0.1, 0.15) is 5.75 Å². The maximum atomic E-state index is 10.0. The van der Waals surface area contributed by atoms with Gasteiger partial charge in [0.15, 0.2) is 0 Å². The molecule has 1 aromatic rings. The molecule has 0 spiro atoms. The lowest BCUT2D eigenvalue weighted by molar-refractivity contribution is -0.384. The molecule has 0 aliphatic carbocycles. The topological polar surface area (TPSA) is 63.4 Å². The zero-order valence-electron chi connectivity index (χ0n) is 4.94. The molecule has 0 aromatic heterocycles. The zero-order chi connectivity index (χ0) is 7.56. The number of hydrogen-bond acceptors (Lipinski definition) is 3. The minimum atomic E-state index is -0.546. The van der Waals surface area contributed by atoms with Gasteiger partial charge in [0, 0.05) is 18.2 Å². The highest BCUT2D eigenvalue weighted by Gasteiger charge is 2.02. The Hall–Kier alpha value is -1.58. The number of hydrogen-bond donors (Lipinski definition) is 1. The summed E-state index contributed by atoms with van der Waals surface area (Å²) in [5, 5.41) is 18.7. The van der Waals surface area contributed by atoms with Crippen LogP contribution in [0.1, 0.15) is 0 Å². The molecule has 1 rings (SSSR count). The fraction of sp³-hybridized carbons (Fsp3) is 0. The average Bonchev–Trinajstić information content (AvgIpc) is 1.88. The van der Waals surface area contributed by atoms with E-state index in [2.05, 4.69) is 6.07 Å². The van der Waals surface area contributed by atoms with Gasteiger partial charge < -0.3 is 5.11 Å². The van der Waals surface area contributed by atoms with Gasteiger partial charge >= 0.3 is 0 Å². The van der Waals surface area contributed by atoms with Crippen molar-refractivity contribution in [2.24, 2.45) is 0 Å². The Balaban J connectivity index is 3.00. The Morgan fingerprint density at radius 2 is 2.30 bits per heavy atom. The number of benzene rings is 1. The van der Waals surface area contributed by atoms with E-state index >= 15 is 0 Å². The Morgan fingerprint density at radius 1 is 1.60 bits per heavy atom. The molecule has 1 radical (unpaired) electrons. The summed E-state index contributed by atoms with van der Waals surface area (Å²) >= 11 is 0. The molecule has 1 N–H and O–H groups in total. The molecule has 0 heterocycles. The van der Waals surface area contributed by atoms with Crippen molar-refractivity contribution in [2.75, 3.05) is 0 Å². The number of rotatable bonds is 1. The van der Waals surface area contributed by atoms with Gasteiger partial charge in [-0.25, -0.2) is 0 Å². The third-order valence-electron chi connectivity index (χ3n) is 0.991. The quantitative estimate of drug-likeness (QED) is 0.466. The molecule has 0 bridgehead atoms. The molecule has 0 aliphatic rings. The van der Waals surface area contributed by atoms with Gasteiger partial charge in [-0.15, -0.1) is 0 Å². The molecule has 51 valence electrons. The van der Waals surface area contributed by atoms with Crippen LogP contribution in [0.3, 0.4) is 0 Å². The maximum Gasteiger partial charge on any atom is 0.270 e. The number of non-ortho nitro benzene ring substituents is 1.